The first-order valence-electron chi connectivity index (χ1n) is 8.21. The van der Waals surface area contributed by atoms with Gasteiger partial charge in [-0.3, -0.25) is 14.5 Å². The molecule has 3 heterocycles. The molecule has 0 aliphatic carbocycles. The number of aryl methyl sites for hydroxylation is 1. The number of likely N-dealkylation sites (tertiary alicyclic amines) is 1. The number of nitrogens with one attached hydrogen (secondary N) is 2. The van der Waals surface area contributed by atoms with E-state index < -0.39 is 0 Å². The zero-order valence-electron chi connectivity index (χ0n) is 14.2. The molecule has 2 aromatic heterocycles. The van der Waals surface area contributed by atoms with Crippen molar-refractivity contribution in [2.75, 3.05) is 23.7 Å². The molecular weight excluding hydrogens is 342 g/mol. The van der Waals surface area contributed by atoms with E-state index in [1.165, 1.54) is 18.3 Å². The van der Waals surface area contributed by atoms with Crippen LogP contribution in [0, 0.1) is 6.92 Å². The molecule has 1 fully saturated rings. The number of hydrogen-bond donors (Lipinski definition) is 2. The molecule has 3 rings (SSSR count). The van der Waals surface area contributed by atoms with Gasteiger partial charge in [0.15, 0.2) is 10.9 Å². The van der Waals surface area contributed by atoms with Gasteiger partial charge in [0.1, 0.15) is 5.76 Å². The van der Waals surface area contributed by atoms with Crippen LogP contribution in [-0.4, -0.2) is 39.9 Å². The zero-order chi connectivity index (χ0) is 17.8. The van der Waals surface area contributed by atoms with Crippen molar-refractivity contribution in [3.05, 3.63) is 22.9 Å². The zero-order valence-corrected chi connectivity index (χ0v) is 15.1. The molecule has 0 saturated carbocycles. The first-order chi connectivity index (χ1) is 12.0. The normalized spacial score (nSPS) is 18.1. The van der Waals surface area contributed by atoms with Gasteiger partial charge < -0.3 is 15.2 Å². The molecule has 0 aromatic carbocycles. The first kappa shape index (κ1) is 17.6. The molecule has 1 aliphatic heterocycles. The number of carbonyl (C=O) groups excluding carboxylic acids is 2. The van der Waals surface area contributed by atoms with Crippen molar-refractivity contribution < 1.29 is 14.1 Å². The van der Waals surface area contributed by atoms with Gasteiger partial charge in [0.25, 0.3) is 0 Å². The molecule has 1 aliphatic rings. The number of thiazole rings is 1. The van der Waals surface area contributed by atoms with Crippen molar-refractivity contribution in [3.8, 4) is 0 Å². The van der Waals surface area contributed by atoms with Gasteiger partial charge in [0.2, 0.25) is 11.8 Å². The van der Waals surface area contributed by atoms with Gasteiger partial charge in [-0.15, -0.1) is 11.3 Å². The Bertz CT molecular complexity index is 757. The molecule has 0 unspecified atom stereocenters. The highest BCUT2D eigenvalue weighted by atomic mass is 32.1. The second kappa shape index (κ2) is 7.75. The molecule has 2 amide bonds. The van der Waals surface area contributed by atoms with Crippen LogP contribution in [0.1, 0.15) is 43.7 Å². The van der Waals surface area contributed by atoms with Gasteiger partial charge >= 0.3 is 0 Å². The molecule has 0 spiro atoms. The van der Waals surface area contributed by atoms with Crippen LogP contribution in [-0.2, 0) is 9.59 Å². The summed E-state index contributed by atoms with van der Waals surface area (Å²) in [6.45, 7) is 4.34. The van der Waals surface area contributed by atoms with E-state index in [1.54, 1.807) is 13.0 Å². The highest BCUT2D eigenvalue weighted by Crippen LogP contribution is 2.32. The molecule has 2 N–H and O–H groups in total. The molecule has 8 nitrogen and oxygen atoms in total. The lowest BCUT2D eigenvalue weighted by Crippen LogP contribution is -2.39. The third-order valence-corrected chi connectivity index (χ3v) is 4.78. The number of nitrogens with zero attached hydrogens (tertiary/aromatic N) is 3. The van der Waals surface area contributed by atoms with Crippen LogP contribution < -0.4 is 10.6 Å². The topological polar surface area (TPSA) is 100 Å². The largest absolute Gasteiger partial charge is 0.360 e. The van der Waals surface area contributed by atoms with E-state index >= 15 is 0 Å². The third-order valence-electron chi connectivity index (χ3n) is 4.00. The molecule has 0 bridgehead atoms. The third kappa shape index (κ3) is 4.64. The van der Waals surface area contributed by atoms with E-state index in [0.717, 1.165) is 31.5 Å². The van der Waals surface area contributed by atoms with Gasteiger partial charge in [-0.25, -0.2) is 4.98 Å². The number of piperidine rings is 1. The fourth-order valence-electron chi connectivity index (χ4n) is 2.95. The predicted molar refractivity (Wildman–Crippen MR) is 94.5 cm³/mol. The number of aromatic nitrogens is 2. The highest BCUT2D eigenvalue weighted by molar-refractivity contribution is 7.13. The SMILES string of the molecule is CC(=O)Nc1nc([C@H]2CCCCN2CC(=O)Nc2cc(C)on2)cs1. The summed E-state index contributed by atoms with van der Waals surface area (Å²) in [5, 5.41) is 11.8. The van der Waals surface area contributed by atoms with E-state index in [1.807, 2.05) is 5.38 Å². The molecule has 0 radical (unpaired) electrons. The van der Waals surface area contributed by atoms with Crippen molar-refractivity contribution in [1.82, 2.24) is 15.0 Å². The Balaban J connectivity index is 1.65. The second-order valence-corrected chi connectivity index (χ2v) is 6.97. The Kier molecular flexibility index (Phi) is 5.44. The van der Waals surface area contributed by atoms with Gasteiger partial charge in [-0.05, 0) is 26.3 Å². The Morgan fingerprint density at radius 3 is 2.96 bits per heavy atom. The van der Waals surface area contributed by atoms with Crippen molar-refractivity contribution in [2.24, 2.45) is 0 Å². The molecule has 134 valence electrons. The van der Waals surface area contributed by atoms with Crippen molar-refractivity contribution in [3.63, 3.8) is 0 Å². The van der Waals surface area contributed by atoms with Crippen molar-refractivity contribution in [1.29, 1.82) is 0 Å². The minimum atomic E-state index is -0.135. The summed E-state index contributed by atoms with van der Waals surface area (Å²) in [5.74, 6) is 0.818. The molecule has 1 saturated heterocycles. The standard InChI is InChI=1S/C16H21N5O3S/c1-10-7-14(20-24-10)19-15(23)8-21-6-4-3-5-13(21)12-9-25-16(18-12)17-11(2)22/h7,9,13H,3-6,8H2,1-2H3,(H,17,18,22)(H,19,20,23)/t13-/m1/s1. The number of anilines is 2. The fourth-order valence-corrected chi connectivity index (χ4v) is 3.76. The molecular formula is C16H21N5O3S. The lowest BCUT2D eigenvalue weighted by Gasteiger charge is -2.34. The van der Waals surface area contributed by atoms with Crippen LogP contribution in [0.15, 0.2) is 16.0 Å². The molecule has 1 atom stereocenters. The number of rotatable bonds is 5. The van der Waals surface area contributed by atoms with E-state index in [2.05, 4.69) is 25.7 Å². The predicted octanol–water partition coefficient (Wildman–Crippen LogP) is 2.56. The number of carbonyl (C=O) groups is 2. The molecule has 25 heavy (non-hydrogen) atoms. The maximum atomic E-state index is 12.3. The van der Waals surface area contributed by atoms with Gasteiger partial charge in [-0.2, -0.15) is 0 Å². The molecule has 9 heteroatoms. The monoisotopic (exact) mass is 363 g/mol. The van der Waals surface area contributed by atoms with E-state index in [4.69, 9.17) is 4.52 Å². The fraction of sp³-hybridized carbons (Fsp3) is 0.500. The summed E-state index contributed by atoms with van der Waals surface area (Å²) in [6, 6.07) is 1.77. The Labute approximate surface area is 149 Å². The van der Waals surface area contributed by atoms with E-state index in [9.17, 15) is 9.59 Å². The van der Waals surface area contributed by atoms with Crippen LogP contribution in [0.3, 0.4) is 0 Å². The summed E-state index contributed by atoms with van der Waals surface area (Å²) in [5.41, 5.74) is 0.901. The van der Waals surface area contributed by atoms with Crippen LogP contribution in [0.5, 0.6) is 0 Å². The summed E-state index contributed by atoms with van der Waals surface area (Å²) >= 11 is 1.41. The quantitative estimate of drug-likeness (QED) is 0.847. The average molecular weight is 363 g/mol. The summed E-state index contributed by atoms with van der Waals surface area (Å²) in [4.78, 5) is 30.1. The van der Waals surface area contributed by atoms with Gasteiger partial charge in [-0.1, -0.05) is 11.6 Å². The summed E-state index contributed by atoms with van der Waals surface area (Å²) < 4.78 is 4.96. The van der Waals surface area contributed by atoms with Crippen molar-refractivity contribution in [2.45, 2.75) is 39.2 Å². The second-order valence-electron chi connectivity index (χ2n) is 6.11. The smallest absolute Gasteiger partial charge is 0.239 e. The maximum Gasteiger partial charge on any atom is 0.239 e. The first-order valence-corrected chi connectivity index (χ1v) is 9.09. The van der Waals surface area contributed by atoms with Crippen molar-refractivity contribution >= 4 is 34.1 Å². The van der Waals surface area contributed by atoms with Crippen LogP contribution in [0.2, 0.25) is 0 Å². The van der Waals surface area contributed by atoms with Crippen LogP contribution >= 0.6 is 11.3 Å². The van der Waals surface area contributed by atoms with Gasteiger partial charge in [0.05, 0.1) is 18.3 Å². The lowest BCUT2D eigenvalue weighted by atomic mass is 10.00. The lowest BCUT2D eigenvalue weighted by molar-refractivity contribution is -0.118. The maximum absolute atomic E-state index is 12.3. The van der Waals surface area contributed by atoms with Gasteiger partial charge in [0, 0.05) is 18.4 Å². The number of hydrogen-bond acceptors (Lipinski definition) is 7. The minimum Gasteiger partial charge on any atom is -0.360 e. The highest BCUT2D eigenvalue weighted by Gasteiger charge is 2.27. The summed E-state index contributed by atoms with van der Waals surface area (Å²) in [7, 11) is 0. The summed E-state index contributed by atoms with van der Waals surface area (Å²) in [6.07, 6.45) is 3.09. The average Bonchev–Trinajstić information content (AvgIpc) is 3.16. The minimum absolute atomic E-state index is 0.0808. The number of amides is 2. The van der Waals surface area contributed by atoms with E-state index in [0.29, 0.717) is 16.7 Å². The Morgan fingerprint density at radius 2 is 2.24 bits per heavy atom. The van der Waals surface area contributed by atoms with Crippen LogP contribution in [0.4, 0.5) is 10.9 Å². The van der Waals surface area contributed by atoms with Crippen LogP contribution in [0.25, 0.3) is 0 Å². The Morgan fingerprint density at radius 1 is 1.40 bits per heavy atom. The van der Waals surface area contributed by atoms with E-state index in [-0.39, 0.29) is 24.4 Å². The Hall–Kier alpha value is -2.26. The molecule has 2 aromatic rings.